The Balaban J connectivity index is 3.11. The van der Waals surface area contributed by atoms with E-state index in [9.17, 15) is 8.42 Å². The topological polar surface area (TPSA) is 46.2 Å². The van der Waals surface area contributed by atoms with Crippen molar-refractivity contribution in [2.45, 2.75) is 31.7 Å². The lowest BCUT2D eigenvalue weighted by atomic mass is 10.1. The van der Waals surface area contributed by atoms with Gasteiger partial charge in [0.15, 0.2) is 0 Å². The molecule has 2 atom stereocenters. The van der Waals surface area contributed by atoms with Gasteiger partial charge < -0.3 is 0 Å². The van der Waals surface area contributed by atoms with E-state index in [1.54, 1.807) is 12.1 Å². The number of alkyl halides is 1. The van der Waals surface area contributed by atoms with Crippen LogP contribution in [-0.2, 0) is 10.0 Å². The number of sulfonamides is 1. The highest BCUT2D eigenvalue weighted by Crippen LogP contribution is 2.29. The summed E-state index contributed by atoms with van der Waals surface area (Å²) in [7, 11) is -3.57. The van der Waals surface area contributed by atoms with Crippen molar-refractivity contribution in [1.29, 1.82) is 0 Å². The summed E-state index contributed by atoms with van der Waals surface area (Å²) in [5.41, 5.74) is 0.966. The third kappa shape index (κ3) is 4.43. The SMILES string of the molecule is Cc1cc(Br)c(S(=O)(=O)NC(C)C(C)CCl)cc1Br. The summed E-state index contributed by atoms with van der Waals surface area (Å²) in [6, 6.07) is 3.14. The quantitative estimate of drug-likeness (QED) is 0.712. The van der Waals surface area contributed by atoms with E-state index in [0.717, 1.165) is 10.0 Å². The summed E-state index contributed by atoms with van der Waals surface area (Å²) in [6.45, 7) is 5.61. The second-order valence-electron chi connectivity index (χ2n) is 4.57. The van der Waals surface area contributed by atoms with Gasteiger partial charge in [0.25, 0.3) is 0 Å². The molecule has 0 aliphatic carbocycles. The maximum Gasteiger partial charge on any atom is 0.241 e. The van der Waals surface area contributed by atoms with Gasteiger partial charge >= 0.3 is 0 Å². The number of hydrogen-bond acceptors (Lipinski definition) is 2. The summed E-state index contributed by atoms with van der Waals surface area (Å²) in [5.74, 6) is 0.465. The number of halogens is 3. The van der Waals surface area contributed by atoms with Crippen LogP contribution in [-0.4, -0.2) is 20.3 Å². The van der Waals surface area contributed by atoms with Crippen LogP contribution in [0.5, 0.6) is 0 Å². The van der Waals surface area contributed by atoms with Crippen LogP contribution in [0.15, 0.2) is 26.0 Å². The Hall–Kier alpha value is 0.380. The summed E-state index contributed by atoms with van der Waals surface area (Å²) < 4.78 is 28.6. The van der Waals surface area contributed by atoms with E-state index < -0.39 is 10.0 Å². The van der Waals surface area contributed by atoms with Gasteiger partial charge in [0.1, 0.15) is 0 Å². The van der Waals surface area contributed by atoms with Crippen LogP contribution in [0.1, 0.15) is 19.4 Å². The molecule has 108 valence electrons. The van der Waals surface area contributed by atoms with Crippen molar-refractivity contribution in [3.8, 4) is 0 Å². The normalized spacial score (nSPS) is 15.3. The summed E-state index contributed by atoms with van der Waals surface area (Å²) in [4.78, 5) is 0.221. The van der Waals surface area contributed by atoms with Gasteiger partial charge in [-0.3, -0.25) is 0 Å². The molecule has 7 heteroatoms. The Kier molecular flexibility index (Phi) is 6.32. The standard InChI is InChI=1S/C12H16Br2ClNO2S/c1-7-4-11(14)12(5-10(7)13)19(17,18)16-9(3)8(2)6-15/h4-5,8-9,16H,6H2,1-3H3. The zero-order valence-electron chi connectivity index (χ0n) is 10.9. The van der Waals surface area contributed by atoms with Gasteiger partial charge in [-0.1, -0.05) is 22.9 Å². The fraction of sp³-hybridized carbons (Fsp3) is 0.500. The minimum absolute atomic E-state index is 0.0594. The first-order chi connectivity index (χ1) is 8.69. The van der Waals surface area contributed by atoms with E-state index in [2.05, 4.69) is 36.6 Å². The Morgan fingerprint density at radius 2 is 1.84 bits per heavy atom. The molecule has 19 heavy (non-hydrogen) atoms. The highest BCUT2D eigenvalue weighted by atomic mass is 79.9. The van der Waals surface area contributed by atoms with Crippen molar-refractivity contribution < 1.29 is 8.42 Å². The maximum atomic E-state index is 12.3. The molecule has 0 saturated carbocycles. The van der Waals surface area contributed by atoms with Gasteiger partial charge in [-0.05, 0) is 53.4 Å². The van der Waals surface area contributed by atoms with E-state index in [1.807, 2.05) is 20.8 Å². The van der Waals surface area contributed by atoms with Gasteiger partial charge in [-0.25, -0.2) is 13.1 Å². The van der Waals surface area contributed by atoms with Crippen molar-refractivity contribution in [1.82, 2.24) is 4.72 Å². The zero-order chi connectivity index (χ0) is 14.8. The fourth-order valence-corrected chi connectivity index (χ4v) is 4.69. The van der Waals surface area contributed by atoms with Crippen molar-refractivity contribution in [3.05, 3.63) is 26.6 Å². The second kappa shape index (κ2) is 6.89. The molecular formula is C12H16Br2ClNO2S. The number of hydrogen-bond donors (Lipinski definition) is 1. The molecule has 0 fully saturated rings. The molecule has 1 N–H and O–H groups in total. The van der Waals surface area contributed by atoms with E-state index in [4.69, 9.17) is 11.6 Å². The average Bonchev–Trinajstić information content (AvgIpc) is 2.31. The molecule has 0 radical (unpaired) electrons. The molecular weight excluding hydrogens is 417 g/mol. The highest BCUT2D eigenvalue weighted by Gasteiger charge is 2.23. The first-order valence-corrected chi connectivity index (χ1v) is 9.33. The van der Waals surface area contributed by atoms with Crippen LogP contribution in [0.4, 0.5) is 0 Å². The lowest BCUT2D eigenvalue weighted by Gasteiger charge is -2.20. The smallest absolute Gasteiger partial charge is 0.208 e. The molecule has 1 aromatic carbocycles. The van der Waals surface area contributed by atoms with Crippen LogP contribution in [0.25, 0.3) is 0 Å². The second-order valence-corrected chi connectivity index (χ2v) is 8.27. The fourth-order valence-electron chi connectivity index (χ4n) is 1.39. The predicted octanol–water partition coefficient (Wildman–Crippen LogP) is 4.06. The molecule has 0 aliphatic rings. The van der Waals surface area contributed by atoms with Crippen molar-refractivity contribution >= 4 is 53.5 Å². The van der Waals surface area contributed by atoms with Crippen molar-refractivity contribution in [2.24, 2.45) is 5.92 Å². The zero-order valence-corrected chi connectivity index (χ0v) is 15.6. The molecule has 1 rings (SSSR count). The van der Waals surface area contributed by atoms with Crippen molar-refractivity contribution in [3.63, 3.8) is 0 Å². The number of nitrogens with one attached hydrogen (secondary N) is 1. The molecule has 0 aromatic heterocycles. The highest BCUT2D eigenvalue weighted by molar-refractivity contribution is 9.11. The molecule has 1 aromatic rings. The van der Waals surface area contributed by atoms with Crippen molar-refractivity contribution in [2.75, 3.05) is 5.88 Å². The largest absolute Gasteiger partial charge is 0.241 e. The monoisotopic (exact) mass is 431 g/mol. The molecule has 2 unspecified atom stereocenters. The van der Waals surface area contributed by atoms with Gasteiger partial charge in [-0.15, -0.1) is 11.6 Å². The van der Waals surface area contributed by atoms with E-state index >= 15 is 0 Å². The Bertz CT molecular complexity index is 563. The molecule has 0 amide bonds. The van der Waals surface area contributed by atoms with Crippen LogP contribution in [0.2, 0.25) is 0 Å². The molecule has 0 saturated heterocycles. The summed E-state index contributed by atoms with van der Waals surface area (Å²) in [5, 5.41) is 0. The van der Waals surface area contributed by atoms with Crippen LogP contribution < -0.4 is 4.72 Å². The van der Waals surface area contributed by atoms with Gasteiger partial charge in [0, 0.05) is 20.9 Å². The minimum Gasteiger partial charge on any atom is -0.208 e. The summed E-state index contributed by atoms with van der Waals surface area (Å²) >= 11 is 12.4. The van der Waals surface area contributed by atoms with E-state index in [-0.39, 0.29) is 16.9 Å². The van der Waals surface area contributed by atoms with E-state index in [0.29, 0.717) is 10.4 Å². The molecule has 0 bridgehead atoms. The van der Waals surface area contributed by atoms with Crippen LogP contribution >= 0.6 is 43.5 Å². The number of rotatable bonds is 5. The lowest BCUT2D eigenvalue weighted by molar-refractivity contribution is 0.480. The third-order valence-electron chi connectivity index (χ3n) is 2.94. The maximum absolute atomic E-state index is 12.3. The Labute approximate surface area is 136 Å². The van der Waals surface area contributed by atoms with Gasteiger partial charge in [0.05, 0.1) is 4.90 Å². The summed E-state index contributed by atoms with van der Waals surface area (Å²) in [6.07, 6.45) is 0. The first-order valence-electron chi connectivity index (χ1n) is 5.73. The molecule has 0 spiro atoms. The van der Waals surface area contributed by atoms with Gasteiger partial charge in [-0.2, -0.15) is 0 Å². The first kappa shape index (κ1) is 17.4. The molecule has 0 aliphatic heterocycles. The minimum atomic E-state index is -3.57. The molecule has 3 nitrogen and oxygen atoms in total. The van der Waals surface area contributed by atoms with Crippen LogP contribution in [0, 0.1) is 12.8 Å². The lowest BCUT2D eigenvalue weighted by Crippen LogP contribution is -2.37. The number of benzene rings is 1. The predicted molar refractivity (Wildman–Crippen MR) is 86.2 cm³/mol. The number of aryl methyl sites for hydroxylation is 1. The van der Waals surface area contributed by atoms with Crippen LogP contribution in [0.3, 0.4) is 0 Å². The van der Waals surface area contributed by atoms with E-state index in [1.165, 1.54) is 0 Å². The Morgan fingerprint density at radius 3 is 2.37 bits per heavy atom. The molecule has 0 heterocycles. The van der Waals surface area contributed by atoms with Gasteiger partial charge in [0.2, 0.25) is 10.0 Å². The Morgan fingerprint density at radius 1 is 1.26 bits per heavy atom. The average molecular weight is 434 g/mol. The third-order valence-corrected chi connectivity index (χ3v) is 6.80.